The van der Waals surface area contributed by atoms with Gasteiger partial charge < -0.3 is 14.5 Å². The fraction of sp³-hybridized carbons (Fsp3) is 0.706. The van der Waals surface area contributed by atoms with Gasteiger partial charge in [-0.15, -0.1) is 11.3 Å². The molecule has 2 rings (SSSR count). The van der Waals surface area contributed by atoms with Gasteiger partial charge in [0.1, 0.15) is 4.88 Å². The van der Waals surface area contributed by atoms with Crippen LogP contribution in [0.2, 0.25) is 0 Å². The van der Waals surface area contributed by atoms with E-state index >= 15 is 0 Å². The number of carbonyl (C=O) groups excluding carboxylic acids is 1. The zero-order valence-electron chi connectivity index (χ0n) is 14.4. The van der Waals surface area contributed by atoms with Crippen LogP contribution < -0.4 is 4.90 Å². The molecule has 0 radical (unpaired) electrons. The van der Waals surface area contributed by atoms with Crippen molar-refractivity contribution >= 4 is 23.0 Å². The molecule has 0 saturated heterocycles. The summed E-state index contributed by atoms with van der Waals surface area (Å²) in [7, 11) is 5.80. The first-order chi connectivity index (χ1) is 10.5. The van der Waals surface area contributed by atoms with Crippen LogP contribution in [-0.2, 0) is 4.74 Å². The minimum absolute atomic E-state index is 0.221. The van der Waals surface area contributed by atoms with Crippen molar-refractivity contribution in [1.29, 1.82) is 0 Å². The highest BCUT2D eigenvalue weighted by molar-refractivity contribution is 7.12. The van der Waals surface area contributed by atoms with Crippen LogP contribution in [0.4, 0.5) is 5.69 Å². The summed E-state index contributed by atoms with van der Waals surface area (Å²) in [5.74, 6) is -0.221. The summed E-state index contributed by atoms with van der Waals surface area (Å²) in [6.07, 6.45) is 4.95. The van der Waals surface area contributed by atoms with Gasteiger partial charge in [-0.1, -0.05) is 0 Å². The number of rotatable bonds is 5. The van der Waals surface area contributed by atoms with Gasteiger partial charge in [-0.25, -0.2) is 4.79 Å². The molecular weight excluding hydrogens is 296 g/mol. The van der Waals surface area contributed by atoms with Gasteiger partial charge in [0, 0.05) is 24.0 Å². The molecule has 0 aliphatic heterocycles. The van der Waals surface area contributed by atoms with E-state index in [0.29, 0.717) is 12.1 Å². The third kappa shape index (κ3) is 3.46. The van der Waals surface area contributed by atoms with Crippen molar-refractivity contribution in [2.24, 2.45) is 0 Å². The third-order valence-electron chi connectivity index (χ3n) is 4.87. The van der Waals surface area contributed by atoms with E-state index in [2.05, 4.69) is 36.2 Å². The molecule has 0 atom stereocenters. The van der Waals surface area contributed by atoms with Crippen LogP contribution in [-0.4, -0.2) is 50.7 Å². The molecule has 0 aromatic carbocycles. The topological polar surface area (TPSA) is 32.8 Å². The quantitative estimate of drug-likeness (QED) is 0.776. The Hall–Kier alpha value is -1.07. The monoisotopic (exact) mass is 324 g/mol. The van der Waals surface area contributed by atoms with Crippen LogP contribution in [0.3, 0.4) is 0 Å². The van der Waals surface area contributed by atoms with Crippen LogP contribution in [0.5, 0.6) is 0 Å². The van der Waals surface area contributed by atoms with Crippen molar-refractivity contribution in [3.8, 4) is 0 Å². The van der Waals surface area contributed by atoms with Gasteiger partial charge >= 0.3 is 5.97 Å². The molecule has 0 amide bonds. The highest BCUT2D eigenvalue weighted by Gasteiger charge is 2.28. The maximum Gasteiger partial charge on any atom is 0.348 e. The number of methoxy groups -OCH3 is 1. The molecule has 1 saturated carbocycles. The van der Waals surface area contributed by atoms with Gasteiger partial charge in [-0.2, -0.15) is 0 Å². The average Bonchev–Trinajstić information content (AvgIpc) is 2.90. The minimum Gasteiger partial charge on any atom is -0.465 e. The summed E-state index contributed by atoms with van der Waals surface area (Å²) < 4.78 is 4.88. The number of anilines is 1. The normalized spacial score (nSPS) is 21.9. The molecular formula is C17H28N2O2S. The molecule has 0 N–H and O–H groups in total. The van der Waals surface area contributed by atoms with Crippen molar-refractivity contribution in [3.05, 3.63) is 15.8 Å². The molecule has 1 aliphatic rings. The Morgan fingerprint density at radius 2 is 1.86 bits per heavy atom. The standard InChI is InChI=1S/C17H28N2O2S/c1-6-19(14-9-7-13(8-10-14)18(3)4)15-11-22-16(12(15)2)17(20)21-5/h11,13-14H,6-10H2,1-5H3. The summed E-state index contributed by atoms with van der Waals surface area (Å²) >= 11 is 1.50. The molecule has 0 unspecified atom stereocenters. The first-order valence-corrected chi connectivity index (χ1v) is 8.97. The third-order valence-corrected chi connectivity index (χ3v) is 5.92. The summed E-state index contributed by atoms with van der Waals surface area (Å²) in [6.45, 7) is 5.22. The largest absolute Gasteiger partial charge is 0.465 e. The second kappa shape index (κ2) is 7.47. The molecule has 0 bridgehead atoms. The summed E-state index contributed by atoms with van der Waals surface area (Å²) in [4.78, 5) is 17.4. The number of hydrogen-bond acceptors (Lipinski definition) is 5. The molecule has 1 heterocycles. The van der Waals surface area contributed by atoms with E-state index in [4.69, 9.17) is 4.74 Å². The maximum absolute atomic E-state index is 11.8. The van der Waals surface area contributed by atoms with E-state index in [1.807, 2.05) is 6.92 Å². The van der Waals surface area contributed by atoms with E-state index in [-0.39, 0.29) is 5.97 Å². The highest BCUT2D eigenvalue weighted by atomic mass is 32.1. The predicted molar refractivity (Wildman–Crippen MR) is 93.1 cm³/mol. The SMILES string of the molecule is CCN(c1csc(C(=O)OC)c1C)C1CCC(N(C)C)CC1. The van der Waals surface area contributed by atoms with Gasteiger partial charge in [0.2, 0.25) is 0 Å². The number of nitrogens with zero attached hydrogens (tertiary/aromatic N) is 2. The Balaban J connectivity index is 2.13. The van der Waals surface area contributed by atoms with Crippen molar-refractivity contribution in [2.75, 3.05) is 32.6 Å². The molecule has 1 aliphatic carbocycles. The van der Waals surface area contributed by atoms with Gasteiger partial charge in [-0.05, 0) is 59.2 Å². The van der Waals surface area contributed by atoms with E-state index in [9.17, 15) is 4.79 Å². The van der Waals surface area contributed by atoms with Gasteiger partial charge in [0.25, 0.3) is 0 Å². The lowest BCUT2D eigenvalue weighted by atomic mass is 9.89. The number of ether oxygens (including phenoxy) is 1. The van der Waals surface area contributed by atoms with E-state index in [1.165, 1.54) is 49.8 Å². The van der Waals surface area contributed by atoms with Crippen LogP contribution in [0.25, 0.3) is 0 Å². The minimum atomic E-state index is -0.221. The number of esters is 1. The van der Waals surface area contributed by atoms with Crippen molar-refractivity contribution in [1.82, 2.24) is 4.90 Å². The Kier molecular flexibility index (Phi) is 5.87. The molecule has 1 fully saturated rings. The van der Waals surface area contributed by atoms with Crippen molar-refractivity contribution in [2.45, 2.75) is 51.6 Å². The molecule has 4 nitrogen and oxygen atoms in total. The second-order valence-electron chi connectivity index (χ2n) is 6.28. The fourth-order valence-corrected chi connectivity index (χ4v) is 4.50. The van der Waals surface area contributed by atoms with E-state index in [0.717, 1.165) is 17.0 Å². The molecule has 1 aromatic heterocycles. The zero-order valence-corrected chi connectivity index (χ0v) is 15.2. The predicted octanol–water partition coefficient (Wildman–Crippen LogP) is 3.54. The summed E-state index contributed by atoms with van der Waals surface area (Å²) in [5, 5.41) is 2.11. The molecule has 22 heavy (non-hydrogen) atoms. The Morgan fingerprint density at radius 1 is 1.27 bits per heavy atom. The van der Waals surface area contributed by atoms with E-state index < -0.39 is 0 Å². The first kappa shape index (κ1) is 17.3. The van der Waals surface area contributed by atoms with Gasteiger partial charge in [0.15, 0.2) is 0 Å². The second-order valence-corrected chi connectivity index (χ2v) is 7.16. The lowest BCUT2D eigenvalue weighted by Crippen LogP contribution is -2.42. The highest BCUT2D eigenvalue weighted by Crippen LogP contribution is 2.35. The zero-order chi connectivity index (χ0) is 16.3. The Morgan fingerprint density at radius 3 is 2.36 bits per heavy atom. The summed E-state index contributed by atoms with van der Waals surface area (Å²) in [5.41, 5.74) is 2.27. The maximum atomic E-state index is 11.8. The molecule has 5 heteroatoms. The molecule has 124 valence electrons. The van der Waals surface area contributed by atoms with Gasteiger partial charge in [0.05, 0.1) is 12.8 Å². The number of hydrogen-bond donors (Lipinski definition) is 0. The van der Waals surface area contributed by atoms with Crippen LogP contribution in [0, 0.1) is 6.92 Å². The van der Waals surface area contributed by atoms with E-state index in [1.54, 1.807) is 0 Å². The average molecular weight is 324 g/mol. The Labute approximate surface area is 138 Å². The lowest BCUT2D eigenvalue weighted by Gasteiger charge is -2.39. The summed E-state index contributed by atoms with van der Waals surface area (Å²) in [6, 6.07) is 1.30. The first-order valence-electron chi connectivity index (χ1n) is 8.09. The fourth-order valence-electron chi connectivity index (χ4n) is 3.50. The van der Waals surface area contributed by atoms with Crippen LogP contribution >= 0.6 is 11.3 Å². The van der Waals surface area contributed by atoms with Crippen LogP contribution in [0.15, 0.2) is 5.38 Å². The van der Waals surface area contributed by atoms with Gasteiger partial charge in [-0.3, -0.25) is 0 Å². The lowest BCUT2D eigenvalue weighted by molar-refractivity contribution is 0.0605. The van der Waals surface area contributed by atoms with Crippen molar-refractivity contribution < 1.29 is 9.53 Å². The molecule has 1 aromatic rings. The number of thiophene rings is 1. The van der Waals surface area contributed by atoms with Crippen molar-refractivity contribution in [3.63, 3.8) is 0 Å². The Bertz CT molecular complexity index is 505. The number of carbonyl (C=O) groups is 1. The van der Waals surface area contributed by atoms with Crippen LogP contribution in [0.1, 0.15) is 47.8 Å². The molecule has 0 spiro atoms. The smallest absolute Gasteiger partial charge is 0.348 e.